The molecule has 2 saturated heterocycles. The Bertz CT molecular complexity index is 1020. The van der Waals surface area contributed by atoms with Crippen molar-refractivity contribution in [1.29, 1.82) is 0 Å². The van der Waals surface area contributed by atoms with Crippen LogP contribution in [0.3, 0.4) is 0 Å². The Morgan fingerprint density at radius 3 is 2.55 bits per heavy atom. The zero-order valence-corrected chi connectivity index (χ0v) is 17.3. The van der Waals surface area contributed by atoms with Gasteiger partial charge in [-0.05, 0) is 42.7 Å². The van der Waals surface area contributed by atoms with Gasteiger partial charge in [0.15, 0.2) is 15.0 Å². The number of amidine groups is 1. The summed E-state index contributed by atoms with van der Waals surface area (Å²) in [6, 6.07) is 15.5. The molecule has 0 saturated carbocycles. The van der Waals surface area contributed by atoms with Crippen molar-refractivity contribution in [3.05, 3.63) is 66.0 Å². The minimum Gasteiger partial charge on any atom is -0.316 e. The summed E-state index contributed by atoms with van der Waals surface area (Å²) in [5.41, 5.74) is 1.83. The summed E-state index contributed by atoms with van der Waals surface area (Å²) >= 11 is 1.33. The van der Waals surface area contributed by atoms with Crippen molar-refractivity contribution in [3.63, 3.8) is 0 Å². The van der Waals surface area contributed by atoms with E-state index < -0.39 is 9.84 Å². The molecule has 4 rings (SSSR count). The van der Waals surface area contributed by atoms with Gasteiger partial charge in [-0.25, -0.2) is 12.8 Å². The van der Waals surface area contributed by atoms with Crippen LogP contribution in [0.1, 0.15) is 18.4 Å². The van der Waals surface area contributed by atoms with Gasteiger partial charge in [0, 0.05) is 17.4 Å². The first-order valence-electron chi connectivity index (χ1n) is 9.49. The van der Waals surface area contributed by atoms with Crippen LogP contribution in [0.4, 0.5) is 10.1 Å². The van der Waals surface area contributed by atoms with Crippen LogP contribution in [0, 0.1) is 5.82 Å². The van der Waals surface area contributed by atoms with Gasteiger partial charge in [-0.15, -0.1) is 0 Å². The van der Waals surface area contributed by atoms with Gasteiger partial charge >= 0.3 is 0 Å². The van der Waals surface area contributed by atoms with Crippen molar-refractivity contribution >= 4 is 38.4 Å². The first kappa shape index (κ1) is 20.1. The van der Waals surface area contributed by atoms with E-state index in [1.165, 1.54) is 29.5 Å². The second-order valence-electron chi connectivity index (χ2n) is 7.27. The van der Waals surface area contributed by atoms with Crippen molar-refractivity contribution < 1.29 is 17.6 Å². The van der Waals surface area contributed by atoms with E-state index in [1.54, 1.807) is 17.0 Å². The number of fused-ring (bicyclic) bond motifs is 1. The van der Waals surface area contributed by atoms with Crippen LogP contribution < -0.4 is 4.90 Å². The Morgan fingerprint density at radius 1 is 1.10 bits per heavy atom. The lowest BCUT2D eigenvalue weighted by molar-refractivity contribution is -0.117. The number of hydrogen-bond donors (Lipinski definition) is 0. The third-order valence-corrected chi connectivity index (χ3v) is 8.30. The Morgan fingerprint density at radius 2 is 1.83 bits per heavy atom. The van der Waals surface area contributed by atoms with Crippen LogP contribution in [0.15, 0.2) is 59.6 Å². The number of nitrogens with zero attached hydrogens (tertiary/aromatic N) is 2. The van der Waals surface area contributed by atoms with E-state index in [-0.39, 0.29) is 34.5 Å². The molecular weight excluding hydrogens is 411 g/mol. The Hall–Kier alpha value is -2.19. The summed E-state index contributed by atoms with van der Waals surface area (Å²) in [6.07, 6.45) is 1.82. The third-order valence-electron chi connectivity index (χ3n) is 5.09. The van der Waals surface area contributed by atoms with Crippen molar-refractivity contribution in [2.24, 2.45) is 4.99 Å². The monoisotopic (exact) mass is 432 g/mol. The zero-order valence-electron chi connectivity index (χ0n) is 15.7. The van der Waals surface area contributed by atoms with E-state index >= 15 is 0 Å². The molecule has 0 aliphatic carbocycles. The molecule has 0 spiro atoms. The molecule has 8 heteroatoms. The Labute approximate surface area is 173 Å². The molecule has 0 radical (unpaired) electrons. The fraction of sp³-hybridized carbons (Fsp3) is 0.333. The quantitative estimate of drug-likeness (QED) is 0.724. The molecule has 0 N–H and O–H groups in total. The Balaban J connectivity index is 1.50. The highest BCUT2D eigenvalue weighted by Gasteiger charge is 2.49. The highest BCUT2D eigenvalue weighted by atomic mass is 32.2. The molecule has 0 bridgehead atoms. The average Bonchev–Trinajstić information content (AvgIpc) is 3.14. The van der Waals surface area contributed by atoms with Crippen molar-refractivity contribution in [1.82, 2.24) is 0 Å². The summed E-state index contributed by atoms with van der Waals surface area (Å²) in [7, 11) is -3.13. The lowest BCUT2D eigenvalue weighted by atomic mass is 10.1. The van der Waals surface area contributed by atoms with E-state index in [2.05, 4.69) is 4.99 Å². The molecule has 2 aromatic carbocycles. The number of aliphatic imine (C=N–C) groups is 1. The molecule has 2 atom stereocenters. The number of anilines is 1. The van der Waals surface area contributed by atoms with E-state index in [0.717, 1.165) is 6.42 Å². The minimum atomic E-state index is -3.13. The zero-order chi connectivity index (χ0) is 20.4. The van der Waals surface area contributed by atoms with E-state index in [1.807, 2.05) is 30.3 Å². The standard InChI is InChI=1S/C21H21FN2O3S2/c22-16-9-11-17(12-10-16)24-18-13-29(26,27)14-19(18)28-21(24)23-20(25)8-4-7-15-5-2-1-3-6-15/h1-3,5-6,9-12,18-19H,4,7-8,13-14H2/t18-,19+/m0/s1. The third kappa shape index (κ3) is 4.70. The number of hydrogen-bond acceptors (Lipinski definition) is 4. The van der Waals surface area contributed by atoms with Crippen molar-refractivity contribution in [2.75, 3.05) is 16.4 Å². The van der Waals surface area contributed by atoms with Crippen LogP contribution in [-0.2, 0) is 21.1 Å². The van der Waals surface area contributed by atoms with Crippen LogP contribution in [0.5, 0.6) is 0 Å². The number of thioether (sulfide) groups is 1. The Kier molecular flexibility index (Phi) is 5.74. The number of rotatable bonds is 5. The largest absolute Gasteiger partial charge is 0.316 e. The molecule has 152 valence electrons. The maximum absolute atomic E-state index is 13.3. The summed E-state index contributed by atoms with van der Waals surface area (Å²) < 4.78 is 37.5. The number of sulfone groups is 1. The number of carbonyl (C=O) groups is 1. The molecule has 0 aromatic heterocycles. The molecule has 2 aliphatic rings. The number of aryl methyl sites for hydroxylation is 1. The summed E-state index contributed by atoms with van der Waals surface area (Å²) in [6.45, 7) is 0. The molecule has 1 amide bonds. The lowest BCUT2D eigenvalue weighted by Gasteiger charge is -2.24. The predicted octanol–water partition coefficient (Wildman–Crippen LogP) is 3.45. The van der Waals surface area contributed by atoms with Crippen molar-refractivity contribution in [2.45, 2.75) is 30.6 Å². The lowest BCUT2D eigenvalue weighted by Crippen LogP contribution is -2.37. The van der Waals surface area contributed by atoms with Crippen molar-refractivity contribution in [3.8, 4) is 0 Å². The molecule has 2 aromatic rings. The van der Waals surface area contributed by atoms with Gasteiger partial charge in [0.2, 0.25) is 5.91 Å². The van der Waals surface area contributed by atoms with E-state index in [9.17, 15) is 17.6 Å². The van der Waals surface area contributed by atoms with Crippen LogP contribution in [0.2, 0.25) is 0 Å². The average molecular weight is 433 g/mol. The topological polar surface area (TPSA) is 66.8 Å². The molecule has 29 heavy (non-hydrogen) atoms. The van der Waals surface area contributed by atoms with Gasteiger partial charge in [-0.3, -0.25) is 4.79 Å². The number of amides is 1. The number of halogens is 1. The van der Waals surface area contributed by atoms with Crippen LogP contribution in [0.25, 0.3) is 0 Å². The van der Waals surface area contributed by atoms with Crippen LogP contribution in [-0.4, -0.2) is 42.3 Å². The normalized spacial score (nSPS) is 24.0. The molecule has 2 fully saturated rings. The highest BCUT2D eigenvalue weighted by molar-refractivity contribution is 8.16. The number of carbonyl (C=O) groups excluding carboxylic acids is 1. The smallest absolute Gasteiger partial charge is 0.248 e. The first-order valence-corrected chi connectivity index (χ1v) is 12.2. The highest BCUT2D eigenvalue weighted by Crippen LogP contribution is 2.41. The van der Waals surface area contributed by atoms with E-state index in [0.29, 0.717) is 23.7 Å². The second kappa shape index (κ2) is 8.28. The fourth-order valence-electron chi connectivity index (χ4n) is 3.72. The van der Waals surface area contributed by atoms with Gasteiger partial charge in [0.05, 0.1) is 17.5 Å². The first-order chi connectivity index (χ1) is 13.9. The summed E-state index contributed by atoms with van der Waals surface area (Å²) in [5.74, 6) is -0.505. The molecule has 2 heterocycles. The van der Waals surface area contributed by atoms with Gasteiger partial charge < -0.3 is 4.90 Å². The van der Waals surface area contributed by atoms with Crippen LogP contribution >= 0.6 is 11.8 Å². The maximum atomic E-state index is 13.3. The number of benzene rings is 2. The van der Waals surface area contributed by atoms with E-state index in [4.69, 9.17) is 0 Å². The minimum absolute atomic E-state index is 0.0171. The van der Waals surface area contributed by atoms with Gasteiger partial charge in [-0.2, -0.15) is 4.99 Å². The van der Waals surface area contributed by atoms with Gasteiger partial charge in [0.25, 0.3) is 0 Å². The maximum Gasteiger partial charge on any atom is 0.248 e. The molecule has 5 nitrogen and oxygen atoms in total. The molecule has 2 aliphatic heterocycles. The SMILES string of the molecule is O=C(CCCc1ccccc1)N=C1S[C@@H]2CS(=O)(=O)C[C@@H]2N1c1ccc(F)cc1. The van der Waals surface area contributed by atoms with Gasteiger partial charge in [-0.1, -0.05) is 42.1 Å². The van der Waals surface area contributed by atoms with Gasteiger partial charge in [0.1, 0.15) is 5.82 Å². The summed E-state index contributed by atoms with van der Waals surface area (Å²) in [4.78, 5) is 18.5. The molecular formula is C21H21FN2O3S2. The second-order valence-corrected chi connectivity index (χ2v) is 10.6. The fourth-order valence-corrected chi connectivity index (χ4v) is 7.65. The summed E-state index contributed by atoms with van der Waals surface area (Å²) in [5, 5.41) is 0.340. The molecule has 0 unspecified atom stereocenters. The predicted molar refractivity (Wildman–Crippen MR) is 115 cm³/mol.